The molecule has 0 saturated carbocycles. The van der Waals surface area contributed by atoms with Crippen LogP contribution in [0.15, 0.2) is 12.3 Å². The lowest BCUT2D eigenvalue weighted by Crippen LogP contribution is -2.34. The summed E-state index contributed by atoms with van der Waals surface area (Å²) >= 11 is 0. The Balaban J connectivity index is 2.02. The van der Waals surface area contributed by atoms with Crippen LogP contribution in [0, 0.1) is 6.92 Å². The van der Waals surface area contributed by atoms with E-state index in [1.165, 1.54) is 0 Å². The molecule has 2 rings (SSSR count). The van der Waals surface area contributed by atoms with Gasteiger partial charge in [-0.15, -0.1) is 0 Å². The van der Waals surface area contributed by atoms with Crippen LogP contribution in [0.5, 0.6) is 0 Å². The van der Waals surface area contributed by atoms with Gasteiger partial charge in [0.15, 0.2) is 0 Å². The Bertz CT molecular complexity index is 383. The standard InChI is InChI=1S/C12H19N3O/c1-9-6-10(7-13-9)12(16)15-5-4-11(8-15)14(2)3/h6-7,11,13H,4-5,8H2,1-3H3/t11-/m0/s1. The van der Waals surface area contributed by atoms with E-state index in [-0.39, 0.29) is 5.91 Å². The Hall–Kier alpha value is -1.29. The fourth-order valence-electron chi connectivity index (χ4n) is 2.16. The maximum absolute atomic E-state index is 12.1. The molecule has 88 valence electrons. The molecule has 1 N–H and O–H groups in total. The van der Waals surface area contributed by atoms with E-state index in [1.54, 1.807) is 6.20 Å². The van der Waals surface area contributed by atoms with Crippen molar-refractivity contribution in [3.8, 4) is 0 Å². The minimum Gasteiger partial charge on any atom is -0.364 e. The lowest BCUT2D eigenvalue weighted by molar-refractivity contribution is 0.0783. The summed E-state index contributed by atoms with van der Waals surface area (Å²) in [5.41, 5.74) is 1.81. The summed E-state index contributed by atoms with van der Waals surface area (Å²) in [7, 11) is 4.14. The smallest absolute Gasteiger partial charge is 0.255 e. The number of likely N-dealkylation sites (N-methyl/N-ethyl adjacent to an activating group) is 1. The number of nitrogens with zero attached hydrogens (tertiary/aromatic N) is 2. The van der Waals surface area contributed by atoms with Crippen molar-refractivity contribution in [1.29, 1.82) is 0 Å². The SMILES string of the molecule is Cc1cc(C(=O)N2CC[C@H](N(C)C)C2)c[nH]1. The third-order valence-electron chi connectivity index (χ3n) is 3.26. The lowest BCUT2D eigenvalue weighted by Gasteiger charge is -2.20. The Morgan fingerprint density at radius 1 is 1.56 bits per heavy atom. The summed E-state index contributed by atoms with van der Waals surface area (Å²) in [5.74, 6) is 0.147. The van der Waals surface area contributed by atoms with Crippen LogP contribution < -0.4 is 0 Å². The van der Waals surface area contributed by atoms with Crippen molar-refractivity contribution >= 4 is 5.91 Å². The van der Waals surface area contributed by atoms with Crippen LogP contribution in [-0.4, -0.2) is 53.9 Å². The van der Waals surface area contributed by atoms with E-state index >= 15 is 0 Å². The number of amides is 1. The molecule has 4 heteroatoms. The average Bonchev–Trinajstić information content (AvgIpc) is 2.84. The normalized spacial score (nSPS) is 20.8. The van der Waals surface area contributed by atoms with Gasteiger partial charge >= 0.3 is 0 Å². The van der Waals surface area contributed by atoms with Crippen LogP contribution in [0.4, 0.5) is 0 Å². The molecule has 1 aliphatic heterocycles. The number of nitrogens with one attached hydrogen (secondary N) is 1. The minimum atomic E-state index is 0.147. The van der Waals surface area contributed by atoms with Gasteiger partial charge in [0.05, 0.1) is 5.56 Å². The van der Waals surface area contributed by atoms with E-state index in [9.17, 15) is 4.79 Å². The summed E-state index contributed by atoms with van der Waals surface area (Å²) < 4.78 is 0. The monoisotopic (exact) mass is 221 g/mol. The van der Waals surface area contributed by atoms with Crippen LogP contribution in [0.1, 0.15) is 22.5 Å². The highest BCUT2D eigenvalue weighted by Crippen LogP contribution is 2.16. The second kappa shape index (κ2) is 4.29. The number of likely N-dealkylation sites (tertiary alicyclic amines) is 1. The summed E-state index contributed by atoms with van der Waals surface area (Å²) in [6.45, 7) is 3.67. The largest absolute Gasteiger partial charge is 0.364 e. The Morgan fingerprint density at radius 3 is 2.81 bits per heavy atom. The highest BCUT2D eigenvalue weighted by molar-refractivity contribution is 5.94. The van der Waals surface area contributed by atoms with E-state index in [0.717, 1.165) is 30.8 Å². The molecule has 1 aromatic rings. The van der Waals surface area contributed by atoms with Crippen LogP contribution in [0.25, 0.3) is 0 Å². The number of aromatic nitrogens is 1. The van der Waals surface area contributed by atoms with Gasteiger partial charge < -0.3 is 14.8 Å². The third-order valence-corrected chi connectivity index (χ3v) is 3.26. The summed E-state index contributed by atoms with van der Waals surface area (Å²) in [6.07, 6.45) is 2.86. The van der Waals surface area contributed by atoms with E-state index < -0.39 is 0 Å². The highest BCUT2D eigenvalue weighted by Gasteiger charge is 2.28. The maximum atomic E-state index is 12.1. The predicted molar refractivity (Wildman–Crippen MR) is 63.5 cm³/mol. The van der Waals surface area contributed by atoms with Crippen molar-refractivity contribution in [1.82, 2.24) is 14.8 Å². The van der Waals surface area contributed by atoms with E-state index in [4.69, 9.17) is 0 Å². The fourth-order valence-corrected chi connectivity index (χ4v) is 2.16. The molecular weight excluding hydrogens is 202 g/mol. The molecule has 1 amide bonds. The van der Waals surface area contributed by atoms with Gasteiger partial charge in [-0.2, -0.15) is 0 Å². The number of hydrogen-bond donors (Lipinski definition) is 1. The van der Waals surface area contributed by atoms with E-state index in [0.29, 0.717) is 6.04 Å². The van der Waals surface area contributed by atoms with Gasteiger partial charge in [-0.25, -0.2) is 0 Å². The molecule has 4 nitrogen and oxygen atoms in total. The summed E-state index contributed by atoms with van der Waals surface area (Å²) in [5, 5.41) is 0. The second-order valence-corrected chi connectivity index (χ2v) is 4.73. The van der Waals surface area contributed by atoms with Crippen molar-refractivity contribution in [2.45, 2.75) is 19.4 Å². The fraction of sp³-hybridized carbons (Fsp3) is 0.583. The molecule has 1 saturated heterocycles. The van der Waals surface area contributed by atoms with Crippen LogP contribution >= 0.6 is 0 Å². The lowest BCUT2D eigenvalue weighted by atomic mass is 10.2. The number of H-pyrrole nitrogens is 1. The molecule has 0 bridgehead atoms. The Morgan fingerprint density at radius 2 is 2.31 bits per heavy atom. The van der Waals surface area contributed by atoms with Crippen molar-refractivity contribution in [2.75, 3.05) is 27.2 Å². The van der Waals surface area contributed by atoms with E-state index in [1.807, 2.05) is 17.9 Å². The van der Waals surface area contributed by atoms with Gasteiger partial charge in [0.1, 0.15) is 0 Å². The first-order valence-corrected chi connectivity index (χ1v) is 5.68. The zero-order valence-corrected chi connectivity index (χ0v) is 10.2. The van der Waals surface area contributed by atoms with Crippen LogP contribution in [-0.2, 0) is 0 Å². The van der Waals surface area contributed by atoms with Gasteiger partial charge in [0.2, 0.25) is 0 Å². The topological polar surface area (TPSA) is 39.3 Å². The molecule has 0 unspecified atom stereocenters. The number of carbonyl (C=O) groups excluding carboxylic acids is 1. The van der Waals surface area contributed by atoms with Crippen LogP contribution in [0.3, 0.4) is 0 Å². The molecule has 1 aliphatic rings. The van der Waals surface area contributed by atoms with Crippen molar-refractivity contribution in [2.24, 2.45) is 0 Å². The number of aryl methyl sites for hydroxylation is 1. The van der Waals surface area contributed by atoms with Crippen molar-refractivity contribution in [3.63, 3.8) is 0 Å². The highest BCUT2D eigenvalue weighted by atomic mass is 16.2. The quantitative estimate of drug-likeness (QED) is 0.812. The molecule has 2 heterocycles. The molecule has 1 aromatic heterocycles. The molecule has 0 radical (unpaired) electrons. The molecule has 16 heavy (non-hydrogen) atoms. The molecular formula is C12H19N3O. The van der Waals surface area contributed by atoms with Crippen molar-refractivity contribution in [3.05, 3.63) is 23.5 Å². The molecule has 0 aliphatic carbocycles. The first-order chi connectivity index (χ1) is 7.58. The number of aromatic amines is 1. The van der Waals surface area contributed by atoms with Gasteiger partial charge in [0.25, 0.3) is 5.91 Å². The first kappa shape index (κ1) is 11.2. The molecule has 1 atom stereocenters. The molecule has 0 spiro atoms. The summed E-state index contributed by atoms with van der Waals surface area (Å²) in [4.78, 5) is 19.3. The van der Waals surface area contributed by atoms with Gasteiger partial charge in [-0.1, -0.05) is 0 Å². The number of hydrogen-bond acceptors (Lipinski definition) is 2. The zero-order chi connectivity index (χ0) is 11.7. The Labute approximate surface area is 96.2 Å². The number of carbonyl (C=O) groups is 1. The second-order valence-electron chi connectivity index (χ2n) is 4.73. The van der Waals surface area contributed by atoms with Gasteiger partial charge in [0, 0.05) is 31.0 Å². The minimum absolute atomic E-state index is 0.147. The van der Waals surface area contributed by atoms with E-state index in [2.05, 4.69) is 24.0 Å². The van der Waals surface area contributed by atoms with Gasteiger partial charge in [-0.3, -0.25) is 4.79 Å². The zero-order valence-electron chi connectivity index (χ0n) is 10.2. The van der Waals surface area contributed by atoms with Gasteiger partial charge in [-0.05, 0) is 33.5 Å². The molecule has 1 fully saturated rings. The Kier molecular flexibility index (Phi) is 3.01. The third kappa shape index (κ3) is 2.11. The summed E-state index contributed by atoms with van der Waals surface area (Å²) in [6, 6.07) is 2.41. The first-order valence-electron chi connectivity index (χ1n) is 5.68. The maximum Gasteiger partial charge on any atom is 0.255 e. The number of rotatable bonds is 2. The average molecular weight is 221 g/mol. The molecule has 0 aromatic carbocycles. The van der Waals surface area contributed by atoms with Crippen molar-refractivity contribution < 1.29 is 4.79 Å². The predicted octanol–water partition coefficient (Wildman–Crippen LogP) is 1.10. The van der Waals surface area contributed by atoms with Crippen LogP contribution in [0.2, 0.25) is 0 Å².